The van der Waals surface area contributed by atoms with Crippen LogP contribution in [-0.4, -0.2) is 17.0 Å². The van der Waals surface area contributed by atoms with Gasteiger partial charge in [0.1, 0.15) is 12.4 Å². The highest BCUT2D eigenvalue weighted by Gasteiger charge is 2.11. The van der Waals surface area contributed by atoms with Crippen LogP contribution in [0.5, 0.6) is 5.75 Å². The van der Waals surface area contributed by atoms with Gasteiger partial charge in [-0.05, 0) is 81.4 Å². The van der Waals surface area contributed by atoms with Crippen molar-refractivity contribution in [1.82, 2.24) is 5.43 Å². The number of benzene rings is 3. The number of ether oxygens (including phenoxy) is 1. The van der Waals surface area contributed by atoms with Crippen LogP contribution in [0.2, 0.25) is 0 Å². The number of hydrazone groups is 1. The first-order chi connectivity index (χ1) is 14.8. The normalized spacial score (nSPS) is 10.8. The summed E-state index contributed by atoms with van der Waals surface area (Å²) in [5.74, 6) is 0.267. The van der Waals surface area contributed by atoms with Crippen LogP contribution in [0.15, 0.2) is 65.8 Å². The van der Waals surface area contributed by atoms with Gasteiger partial charge < -0.3 is 4.74 Å². The molecule has 0 fully saturated rings. The van der Waals surface area contributed by atoms with Gasteiger partial charge in [0.05, 0.1) is 18.3 Å². The first-order valence-electron chi connectivity index (χ1n) is 9.09. The van der Waals surface area contributed by atoms with Crippen molar-refractivity contribution in [1.29, 1.82) is 0 Å². The molecule has 0 radical (unpaired) electrons. The van der Waals surface area contributed by atoms with Crippen molar-refractivity contribution in [2.75, 3.05) is 0 Å². The van der Waals surface area contributed by atoms with Gasteiger partial charge in [-0.3, -0.25) is 14.9 Å². The van der Waals surface area contributed by atoms with Crippen LogP contribution in [0.4, 0.5) is 5.69 Å². The van der Waals surface area contributed by atoms with Crippen LogP contribution in [0.1, 0.15) is 27.0 Å². The minimum atomic E-state index is -0.549. The van der Waals surface area contributed by atoms with E-state index in [1.165, 1.54) is 36.0 Å². The van der Waals surface area contributed by atoms with E-state index in [0.29, 0.717) is 6.61 Å². The monoisotopic (exact) mass is 641 g/mol. The summed E-state index contributed by atoms with van der Waals surface area (Å²) in [5.41, 5.74) is 5.47. The smallest absolute Gasteiger partial charge is 0.271 e. The lowest BCUT2D eigenvalue weighted by atomic mass is 10.1. The van der Waals surface area contributed by atoms with E-state index < -0.39 is 10.8 Å². The van der Waals surface area contributed by atoms with Gasteiger partial charge in [-0.2, -0.15) is 5.10 Å². The Kier molecular flexibility index (Phi) is 7.96. The van der Waals surface area contributed by atoms with E-state index in [2.05, 4.69) is 61.8 Å². The summed E-state index contributed by atoms with van der Waals surface area (Å²) < 4.78 is 7.85. The molecule has 0 heterocycles. The molecule has 3 aromatic rings. The van der Waals surface area contributed by atoms with Crippen LogP contribution < -0.4 is 10.2 Å². The summed E-state index contributed by atoms with van der Waals surface area (Å²) in [5, 5.41) is 14.8. The molecule has 9 heteroatoms. The van der Waals surface area contributed by atoms with Crippen molar-refractivity contribution in [2.45, 2.75) is 13.5 Å². The molecule has 31 heavy (non-hydrogen) atoms. The fourth-order valence-corrected chi connectivity index (χ4v) is 4.87. The molecule has 3 rings (SSSR count). The third kappa shape index (κ3) is 6.47. The number of amides is 1. The zero-order valence-corrected chi connectivity index (χ0v) is 20.7. The molecule has 1 amide bonds. The number of carbonyl (C=O) groups is 1. The number of nitro groups is 1. The number of non-ortho nitro benzene ring substituents is 1. The van der Waals surface area contributed by atoms with Crippen molar-refractivity contribution in [2.24, 2.45) is 5.10 Å². The average molecular weight is 641 g/mol. The fourth-order valence-electron chi connectivity index (χ4n) is 2.74. The summed E-state index contributed by atoms with van der Waals surface area (Å²) in [4.78, 5) is 22.5. The highest BCUT2D eigenvalue weighted by Crippen LogP contribution is 2.29. The molecule has 0 aromatic heterocycles. The number of hydrogen-bond donors (Lipinski definition) is 1. The molecule has 7 nitrogen and oxygen atoms in total. The van der Waals surface area contributed by atoms with Gasteiger partial charge in [0.15, 0.2) is 0 Å². The van der Waals surface area contributed by atoms with Gasteiger partial charge in [0, 0.05) is 17.7 Å². The quantitative estimate of drug-likeness (QED) is 0.161. The number of carbonyl (C=O) groups excluding carboxylic acids is 1. The largest absolute Gasteiger partial charge is 0.487 e. The van der Waals surface area contributed by atoms with E-state index >= 15 is 0 Å². The van der Waals surface area contributed by atoms with Gasteiger partial charge in [-0.15, -0.1) is 0 Å². The van der Waals surface area contributed by atoms with E-state index in [-0.39, 0.29) is 11.3 Å². The van der Waals surface area contributed by atoms with Crippen LogP contribution in [0.25, 0.3) is 0 Å². The predicted molar refractivity (Wildman–Crippen MR) is 136 cm³/mol. The molecule has 0 aliphatic heterocycles. The Morgan fingerprint density at radius 1 is 1.13 bits per heavy atom. The minimum absolute atomic E-state index is 0.151. The van der Waals surface area contributed by atoms with Gasteiger partial charge >= 0.3 is 0 Å². The van der Waals surface area contributed by atoms with Gasteiger partial charge in [0.2, 0.25) is 0 Å². The van der Waals surface area contributed by atoms with E-state index in [9.17, 15) is 14.9 Å². The maximum Gasteiger partial charge on any atom is 0.271 e. The molecule has 0 unspecified atom stereocenters. The van der Waals surface area contributed by atoms with Gasteiger partial charge in [0.25, 0.3) is 11.6 Å². The molecule has 0 saturated carbocycles. The minimum Gasteiger partial charge on any atom is -0.487 e. The number of halogens is 2. The second-order valence-electron chi connectivity index (χ2n) is 6.60. The molecule has 0 saturated heterocycles. The molecule has 0 aliphatic carbocycles. The molecule has 0 spiro atoms. The lowest BCUT2D eigenvalue weighted by Crippen LogP contribution is -2.17. The molecule has 0 bridgehead atoms. The zero-order valence-electron chi connectivity index (χ0n) is 16.3. The number of nitrogens with zero attached hydrogens (tertiary/aromatic N) is 2. The highest BCUT2D eigenvalue weighted by atomic mass is 127. The molecule has 1 N–H and O–H groups in total. The first kappa shape index (κ1) is 23.1. The fraction of sp³-hybridized carbons (Fsp3) is 0.0909. The third-order valence-electron chi connectivity index (χ3n) is 4.19. The summed E-state index contributed by atoms with van der Waals surface area (Å²) in [6.45, 7) is 2.52. The van der Waals surface area contributed by atoms with E-state index in [0.717, 1.165) is 24.0 Å². The van der Waals surface area contributed by atoms with Gasteiger partial charge in [-0.1, -0.05) is 35.9 Å². The topological polar surface area (TPSA) is 93.8 Å². The lowest BCUT2D eigenvalue weighted by molar-refractivity contribution is -0.384. The second kappa shape index (κ2) is 10.7. The lowest BCUT2D eigenvalue weighted by Gasteiger charge is -2.12. The van der Waals surface area contributed by atoms with Crippen LogP contribution in [0, 0.1) is 24.2 Å². The zero-order chi connectivity index (χ0) is 22.4. The van der Waals surface area contributed by atoms with E-state index in [1.54, 1.807) is 0 Å². The average Bonchev–Trinajstić information content (AvgIpc) is 2.73. The first-order valence-corrected chi connectivity index (χ1v) is 11.2. The standard InChI is InChI=1S/C22H17I2N3O4/c1-14-4-2-5-15(8-14)13-31-21-19(23)9-16(10-20(21)24)12-25-26-22(28)17-6-3-7-18(11-17)27(29)30/h2-12H,13H2,1H3,(H,26,28)/b25-12-. The van der Waals surface area contributed by atoms with Crippen molar-refractivity contribution >= 4 is 63.0 Å². The highest BCUT2D eigenvalue weighted by molar-refractivity contribution is 14.1. The Hall–Kier alpha value is -2.54. The van der Waals surface area contributed by atoms with Crippen molar-refractivity contribution in [3.05, 3.63) is 100 Å². The Morgan fingerprint density at radius 3 is 2.52 bits per heavy atom. The summed E-state index contributed by atoms with van der Waals surface area (Å²) in [7, 11) is 0. The summed E-state index contributed by atoms with van der Waals surface area (Å²) >= 11 is 4.41. The summed E-state index contributed by atoms with van der Waals surface area (Å²) in [6, 6.07) is 17.4. The predicted octanol–water partition coefficient (Wildman–Crippen LogP) is 5.46. The van der Waals surface area contributed by atoms with Crippen LogP contribution in [-0.2, 0) is 6.61 Å². The Balaban J connectivity index is 1.65. The summed E-state index contributed by atoms with van der Waals surface area (Å²) in [6.07, 6.45) is 1.52. The number of rotatable bonds is 7. The SMILES string of the molecule is Cc1cccc(COc2c(I)cc(/C=N\NC(=O)c3cccc([N+](=O)[O-])c3)cc2I)c1. The van der Waals surface area contributed by atoms with Crippen LogP contribution >= 0.6 is 45.2 Å². The number of nitro benzene ring substituents is 1. The van der Waals surface area contributed by atoms with E-state index in [4.69, 9.17) is 4.74 Å². The van der Waals surface area contributed by atoms with E-state index in [1.807, 2.05) is 37.3 Å². The van der Waals surface area contributed by atoms with Crippen molar-refractivity contribution < 1.29 is 14.5 Å². The molecule has 0 atom stereocenters. The maximum atomic E-state index is 12.2. The molecule has 3 aromatic carbocycles. The van der Waals surface area contributed by atoms with Crippen molar-refractivity contribution in [3.63, 3.8) is 0 Å². The molecular formula is C22H17I2N3O4. The second-order valence-corrected chi connectivity index (χ2v) is 8.92. The van der Waals surface area contributed by atoms with Crippen LogP contribution in [0.3, 0.4) is 0 Å². The maximum absolute atomic E-state index is 12.2. The molecule has 158 valence electrons. The number of hydrogen-bond acceptors (Lipinski definition) is 5. The van der Waals surface area contributed by atoms with Gasteiger partial charge in [-0.25, -0.2) is 5.43 Å². The molecular weight excluding hydrogens is 624 g/mol. The Morgan fingerprint density at radius 2 is 1.84 bits per heavy atom. The third-order valence-corrected chi connectivity index (χ3v) is 5.79. The Labute approximate surface area is 206 Å². The number of nitrogens with one attached hydrogen (secondary N) is 1. The molecule has 0 aliphatic rings. The number of aryl methyl sites for hydroxylation is 1. The van der Waals surface area contributed by atoms with Crippen molar-refractivity contribution in [3.8, 4) is 5.75 Å². The Bertz CT molecular complexity index is 1140.